The van der Waals surface area contributed by atoms with Crippen LogP contribution in [-0.4, -0.2) is 33.4 Å². The second kappa shape index (κ2) is 6.35. The normalized spacial score (nSPS) is 18.7. The summed E-state index contributed by atoms with van der Waals surface area (Å²) in [5, 5.41) is 2.85. The molecule has 0 radical (unpaired) electrons. The van der Waals surface area contributed by atoms with E-state index >= 15 is 0 Å². The number of amides is 1. The van der Waals surface area contributed by atoms with Crippen molar-refractivity contribution in [3.63, 3.8) is 0 Å². The summed E-state index contributed by atoms with van der Waals surface area (Å²) in [7, 11) is 0. The fourth-order valence-electron chi connectivity index (χ4n) is 2.72. The van der Waals surface area contributed by atoms with Crippen molar-refractivity contribution >= 4 is 17.2 Å². The molecule has 0 N–H and O–H groups in total. The van der Waals surface area contributed by atoms with Gasteiger partial charge in [0.25, 0.3) is 0 Å². The van der Waals surface area contributed by atoms with Gasteiger partial charge in [-0.05, 0) is 38.3 Å². The molecule has 1 fully saturated rings. The number of piperidine rings is 1. The number of pyridine rings is 1. The topological polar surface area (TPSA) is 46.1 Å². The largest absolute Gasteiger partial charge is 0.340 e. The first kappa shape index (κ1) is 14.2. The molecule has 1 aliphatic rings. The number of carbonyl (C=O) groups is 1. The Morgan fingerprint density at radius 3 is 3.10 bits per heavy atom. The highest BCUT2D eigenvalue weighted by Crippen LogP contribution is 2.23. The minimum atomic E-state index is 0.195. The summed E-state index contributed by atoms with van der Waals surface area (Å²) < 4.78 is 0. The van der Waals surface area contributed by atoms with Crippen LogP contribution < -0.4 is 0 Å². The molecule has 1 saturated heterocycles. The van der Waals surface area contributed by atoms with Crippen molar-refractivity contribution < 1.29 is 4.79 Å². The predicted molar refractivity (Wildman–Crippen MR) is 84.1 cm³/mol. The highest BCUT2D eigenvalue weighted by molar-refractivity contribution is 7.13. The minimum absolute atomic E-state index is 0.195. The number of likely N-dealkylation sites (tertiary alicyclic amines) is 1. The van der Waals surface area contributed by atoms with Gasteiger partial charge in [0, 0.05) is 24.2 Å². The summed E-state index contributed by atoms with van der Waals surface area (Å²) >= 11 is 1.55. The van der Waals surface area contributed by atoms with Crippen LogP contribution in [0.1, 0.15) is 31.9 Å². The number of aromatic nitrogens is 2. The van der Waals surface area contributed by atoms with Gasteiger partial charge in [-0.1, -0.05) is 6.07 Å². The van der Waals surface area contributed by atoms with Gasteiger partial charge in [-0.3, -0.25) is 9.78 Å². The molecule has 2 aromatic heterocycles. The van der Waals surface area contributed by atoms with E-state index in [-0.39, 0.29) is 5.91 Å². The van der Waals surface area contributed by atoms with E-state index in [4.69, 9.17) is 0 Å². The number of nitrogens with zero attached hydrogens (tertiary/aromatic N) is 3. The summed E-state index contributed by atoms with van der Waals surface area (Å²) in [5.41, 5.74) is 1.72. The predicted octanol–water partition coefficient (Wildman–Crippen LogP) is 3.15. The van der Waals surface area contributed by atoms with Gasteiger partial charge in [-0.25, -0.2) is 4.98 Å². The third-order valence-electron chi connectivity index (χ3n) is 3.89. The number of carbonyl (C=O) groups excluding carboxylic acids is 1. The number of thiazole rings is 1. The molecule has 1 amide bonds. The molecule has 5 heteroatoms. The first-order valence-corrected chi connectivity index (χ1v) is 8.27. The summed E-state index contributed by atoms with van der Waals surface area (Å²) in [6.07, 6.45) is 5.62. The lowest BCUT2D eigenvalue weighted by atomic mass is 10.0. The molecule has 0 spiro atoms. The van der Waals surface area contributed by atoms with Gasteiger partial charge in [-0.2, -0.15) is 0 Å². The molecular weight excluding hydrogens is 282 g/mol. The molecule has 2 aromatic rings. The Hall–Kier alpha value is -1.75. The van der Waals surface area contributed by atoms with Gasteiger partial charge < -0.3 is 4.90 Å². The zero-order valence-corrected chi connectivity index (χ0v) is 13.0. The van der Waals surface area contributed by atoms with E-state index in [0.29, 0.717) is 12.5 Å². The van der Waals surface area contributed by atoms with Crippen LogP contribution in [0.15, 0.2) is 29.8 Å². The Bertz CT molecular complexity index is 611. The van der Waals surface area contributed by atoms with Gasteiger partial charge in [0.1, 0.15) is 5.01 Å². The molecule has 0 aromatic carbocycles. The van der Waals surface area contributed by atoms with Gasteiger partial charge >= 0.3 is 0 Å². The smallest absolute Gasteiger partial charge is 0.228 e. The minimum Gasteiger partial charge on any atom is -0.340 e. The standard InChI is InChI=1S/C16H19N3OS/c1-12-6-3-5-9-19(12)15(20)10-13-11-21-16(18-13)14-7-2-4-8-17-14/h2,4,7-8,11-12H,3,5-6,9-10H2,1H3/t12-/m1/s1. The fraction of sp³-hybridized carbons (Fsp3) is 0.438. The Balaban J connectivity index is 1.68. The molecule has 0 aliphatic carbocycles. The molecule has 0 saturated carbocycles. The van der Waals surface area contributed by atoms with Crippen molar-refractivity contribution in [2.75, 3.05) is 6.54 Å². The van der Waals surface area contributed by atoms with Crippen molar-refractivity contribution in [2.45, 2.75) is 38.6 Å². The maximum atomic E-state index is 12.4. The molecule has 3 heterocycles. The Morgan fingerprint density at radius 2 is 2.33 bits per heavy atom. The molecule has 0 bridgehead atoms. The Morgan fingerprint density at radius 1 is 1.43 bits per heavy atom. The summed E-state index contributed by atoms with van der Waals surface area (Å²) in [6, 6.07) is 6.14. The maximum Gasteiger partial charge on any atom is 0.228 e. The van der Waals surface area contributed by atoms with E-state index in [1.165, 1.54) is 6.42 Å². The van der Waals surface area contributed by atoms with Crippen LogP contribution in [0.2, 0.25) is 0 Å². The molecule has 1 atom stereocenters. The molecule has 110 valence electrons. The average molecular weight is 301 g/mol. The van der Waals surface area contributed by atoms with Crippen LogP contribution in [-0.2, 0) is 11.2 Å². The lowest BCUT2D eigenvalue weighted by Crippen LogP contribution is -2.42. The first-order valence-electron chi connectivity index (χ1n) is 7.39. The molecule has 21 heavy (non-hydrogen) atoms. The van der Waals surface area contributed by atoms with Crippen LogP contribution in [0.5, 0.6) is 0 Å². The van der Waals surface area contributed by atoms with Gasteiger partial charge in [0.15, 0.2) is 0 Å². The van der Waals surface area contributed by atoms with Crippen molar-refractivity contribution in [3.8, 4) is 10.7 Å². The first-order chi connectivity index (χ1) is 10.2. The highest BCUT2D eigenvalue weighted by atomic mass is 32.1. The van der Waals surface area contributed by atoms with Crippen molar-refractivity contribution in [3.05, 3.63) is 35.5 Å². The summed E-state index contributed by atoms with van der Waals surface area (Å²) in [6.45, 7) is 3.02. The van der Waals surface area contributed by atoms with E-state index in [2.05, 4.69) is 16.9 Å². The second-order valence-electron chi connectivity index (χ2n) is 5.47. The van der Waals surface area contributed by atoms with Crippen molar-refractivity contribution in [1.29, 1.82) is 0 Å². The number of hydrogen-bond donors (Lipinski definition) is 0. The lowest BCUT2D eigenvalue weighted by Gasteiger charge is -2.33. The third kappa shape index (κ3) is 3.29. The quantitative estimate of drug-likeness (QED) is 0.875. The van der Waals surface area contributed by atoms with Gasteiger partial charge in [0.05, 0.1) is 17.8 Å². The zero-order valence-electron chi connectivity index (χ0n) is 12.2. The van der Waals surface area contributed by atoms with Crippen LogP contribution in [0.3, 0.4) is 0 Å². The highest BCUT2D eigenvalue weighted by Gasteiger charge is 2.23. The Kier molecular flexibility index (Phi) is 4.29. The monoisotopic (exact) mass is 301 g/mol. The van der Waals surface area contributed by atoms with E-state index in [1.807, 2.05) is 28.5 Å². The van der Waals surface area contributed by atoms with Crippen LogP contribution >= 0.6 is 11.3 Å². The molecular formula is C16H19N3OS. The fourth-order valence-corrected chi connectivity index (χ4v) is 3.52. The van der Waals surface area contributed by atoms with E-state index in [0.717, 1.165) is 35.8 Å². The zero-order chi connectivity index (χ0) is 14.7. The average Bonchev–Trinajstić information content (AvgIpc) is 2.97. The van der Waals surface area contributed by atoms with Gasteiger partial charge in [-0.15, -0.1) is 11.3 Å². The maximum absolute atomic E-state index is 12.4. The molecule has 3 rings (SSSR count). The second-order valence-corrected chi connectivity index (χ2v) is 6.33. The molecule has 0 unspecified atom stereocenters. The third-order valence-corrected chi connectivity index (χ3v) is 4.81. The summed E-state index contributed by atoms with van der Waals surface area (Å²) in [4.78, 5) is 23.2. The van der Waals surface area contributed by atoms with Gasteiger partial charge in [0.2, 0.25) is 5.91 Å². The van der Waals surface area contributed by atoms with Crippen LogP contribution in [0.25, 0.3) is 10.7 Å². The summed E-state index contributed by atoms with van der Waals surface area (Å²) in [5.74, 6) is 0.195. The van der Waals surface area contributed by atoms with E-state index < -0.39 is 0 Å². The van der Waals surface area contributed by atoms with Crippen LogP contribution in [0, 0.1) is 0 Å². The van der Waals surface area contributed by atoms with Crippen LogP contribution in [0.4, 0.5) is 0 Å². The van der Waals surface area contributed by atoms with Crippen molar-refractivity contribution in [1.82, 2.24) is 14.9 Å². The molecule has 1 aliphatic heterocycles. The number of hydrogen-bond acceptors (Lipinski definition) is 4. The SMILES string of the molecule is C[C@@H]1CCCCN1C(=O)Cc1csc(-c2ccccn2)n1. The number of rotatable bonds is 3. The molecule has 4 nitrogen and oxygen atoms in total. The Labute approximate surface area is 128 Å². The van der Waals surface area contributed by atoms with E-state index in [1.54, 1.807) is 17.5 Å². The lowest BCUT2D eigenvalue weighted by molar-refractivity contribution is -0.133. The van der Waals surface area contributed by atoms with Crippen molar-refractivity contribution in [2.24, 2.45) is 0 Å². The van der Waals surface area contributed by atoms with E-state index in [9.17, 15) is 4.79 Å².